The Morgan fingerprint density at radius 1 is 1.00 bits per heavy atom. The molecule has 0 saturated carbocycles. The molecule has 7 N–H and O–H groups in total. The number of carbonyl (C=O) groups excluding carboxylic acids is 1. The second-order valence-electron chi connectivity index (χ2n) is 6.75. The average Bonchev–Trinajstić information content (AvgIpc) is 2.75. The Balaban J connectivity index is 1.62. The third-order valence-electron chi connectivity index (χ3n) is 4.40. The van der Waals surface area contributed by atoms with Crippen molar-refractivity contribution >= 4 is 52.4 Å². The zero-order valence-electron chi connectivity index (χ0n) is 16.7. The predicted octanol–water partition coefficient (Wildman–Crippen LogP) is 1.53. The molecule has 0 radical (unpaired) electrons. The number of carboxylic acids is 2. The summed E-state index contributed by atoms with van der Waals surface area (Å²) in [6, 6.07) is 8.89. The van der Waals surface area contributed by atoms with Crippen molar-refractivity contribution < 1.29 is 24.6 Å². The number of nitrogen functional groups attached to an aromatic ring is 2. The number of aromatic nitrogens is 3. The van der Waals surface area contributed by atoms with Crippen molar-refractivity contribution in [3.63, 3.8) is 0 Å². The van der Waals surface area contributed by atoms with Crippen LogP contribution in [0.25, 0.3) is 11.0 Å². The van der Waals surface area contributed by atoms with E-state index in [1.807, 2.05) is 6.07 Å². The summed E-state index contributed by atoms with van der Waals surface area (Å²) < 4.78 is 0. The molecule has 1 aromatic carbocycles. The summed E-state index contributed by atoms with van der Waals surface area (Å²) in [6.07, 6.45) is -0.563. The maximum atomic E-state index is 12.3. The number of nitrogens with zero attached hydrogens (tertiary/aromatic N) is 3. The van der Waals surface area contributed by atoms with Gasteiger partial charge >= 0.3 is 11.9 Å². The first kappa shape index (κ1) is 22.7. The molecule has 166 valence electrons. The van der Waals surface area contributed by atoms with Crippen molar-refractivity contribution in [2.75, 3.05) is 11.5 Å². The van der Waals surface area contributed by atoms with E-state index in [9.17, 15) is 14.4 Å². The highest BCUT2D eigenvalue weighted by atomic mass is 32.2. The number of rotatable bonds is 9. The van der Waals surface area contributed by atoms with Gasteiger partial charge < -0.3 is 27.0 Å². The van der Waals surface area contributed by atoms with E-state index in [1.165, 1.54) is 11.8 Å². The largest absolute Gasteiger partial charge is 0.481 e. The Labute approximate surface area is 186 Å². The van der Waals surface area contributed by atoms with Crippen LogP contribution in [0, 0.1) is 0 Å². The third kappa shape index (κ3) is 5.82. The lowest BCUT2D eigenvalue weighted by atomic mass is 10.1. The number of benzene rings is 1. The van der Waals surface area contributed by atoms with Gasteiger partial charge in [-0.3, -0.25) is 9.59 Å². The van der Waals surface area contributed by atoms with Crippen molar-refractivity contribution in [3.8, 4) is 0 Å². The zero-order chi connectivity index (χ0) is 23.3. The van der Waals surface area contributed by atoms with Gasteiger partial charge in [-0.15, -0.1) is 11.8 Å². The Morgan fingerprint density at radius 3 is 2.38 bits per heavy atom. The summed E-state index contributed by atoms with van der Waals surface area (Å²) in [5.74, 6) is -2.19. The van der Waals surface area contributed by atoms with Gasteiger partial charge in [-0.1, -0.05) is 0 Å². The minimum Gasteiger partial charge on any atom is -0.481 e. The number of hydrogen-bond donors (Lipinski definition) is 5. The van der Waals surface area contributed by atoms with Crippen LogP contribution < -0.4 is 16.8 Å². The van der Waals surface area contributed by atoms with E-state index in [0.29, 0.717) is 16.8 Å². The fourth-order valence-corrected chi connectivity index (χ4v) is 3.61. The number of anilines is 2. The normalized spacial score (nSPS) is 11.8. The Kier molecular flexibility index (Phi) is 7.05. The van der Waals surface area contributed by atoms with Gasteiger partial charge in [0.25, 0.3) is 5.91 Å². The van der Waals surface area contributed by atoms with Crippen LogP contribution in [0.3, 0.4) is 0 Å². The number of hydrogen-bond acceptors (Lipinski definition) is 9. The molecule has 12 heteroatoms. The SMILES string of the molecule is Nc1nc(N)c2nc(CSc3ccc(C(=O)N[C@@H](CCC(=O)O)C(=O)O)cc3)ccc2n1. The average molecular weight is 456 g/mol. The smallest absolute Gasteiger partial charge is 0.326 e. The fraction of sp³-hybridized carbons (Fsp3) is 0.200. The van der Waals surface area contributed by atoms with E-state index in [-0.39, 0.29) is 30.2 Å². The van der Waals surface area contributed by atoms with Gasteiger partial charge in [0.05, 0.1) is 11.2 Å². The molecule has 11 nitrogen and oxygen atoms in total. The lowest BCUT2D eigenvalue weighted by Gasteiger charge is -2.13. The van der Waals surface area contributed by atoms with E-state index < -0.39 is 23.9 Å². The second-order valence-corrected chi connectivity index (χ2v) is 7.80. The molecule has 0 fully saturated rings. The molecule has 2 heterocycles. The van der Waals surface area contributed by atoms with E-state index in [4.69, 9.17) is 21.7 Å². The molecule has 0 saturated heterocycles. The van der Waals surface area contributed by atoms with Crippen LogP contribution in [-0.2, 0) is 15.3 Å². The maximum Gasteiger partial charge on any atom is 0.326 e. The summed E-state index contributed by atoms with van der Waals surface area (Å²) >= 11 is 1.48. The number of nitrogens with two attached hydrogens (primary N) is 2. The highest BCUT2D eigenvalue weighted by molar-refractivity contribution is 7.98. The number of fused-ring (bicyclic) bond motifs is 1. The molecule has 0 aliphatic carbocycles. The van der Waals surface area contributed by atoms with E-state index in [2.05, 4.69) is 20.3 Å². The van der Waals surface area contributed by atoms with Crippen molar-refractivity contribution in [2.24, 2.45) is 0 Å². The topological polar surface area (TPSA) is 194 Å². The molecule has 0 unspecified atom stereocenters. The van der Waals surface area contributed by atoms with Crippen LogP contribution in [0.1, 0.15) is 28.9 Å². The fourth-order valence-electron chi connectivity index (χ4n) is 2.80. The maximum absolute atomic E-state index is 12.3. The molecule has 3 rings (SSSR count). The third-order valence-corrected chi connectivity index (χ3v) is 5.44. The number of pyridine rings is 1. The molecule has 1 amide bonds. The molecule has 3 aromatic rings. The van der Waals surface area contributed by atoms with Crippen molar-refractivity contribution in [1.29, 1.82) is 0 Å². The summed E-state index contributed by atoms with van der Waals surface area (Å²) in [7, 11) is 0. The molecular weight excluding hydrogens is 436 g/mol. The first-order chi connectivity index (χ1) is 15.2. The Hall–Kier alpha value is -3.93. The number of amides is 1. The van der Waals surface area contributed by atoms with Gasteiger partial charge in [0.15, 0.2) is 5.82 Å². The van der Waals surface area contributed by atoms with Gasteiger partial charge in [0, 0.05) is 22.6 Å². The Bertz CT molecular complexity index is 1170. The molecule has 32 heavy (non-hydrogen) atoms. The van der Waals surface area contributed by atoms with Gasteiger partial charge in [-0.2, -0.15) is 4.98 Å². The van der Waals surface area contributed by atoms with Crippen LogP contribution in [-0.4, -0.2) is 49.1 Å². The number of carbonyl (C=O) groups is 3. The number of aliphatic carboxylic acids is 2. The van der Waals surface area contributed by atoms with Gasteiger partial charge in [0.2, 0.25) is 5.95 Å². The summed E-state index contributed by atoms with van der Waals surface area (Å²) in [4.78, 5) is 47.5. The summed E-state index contributed by atoms with van der Waals surface area (Å²) in [5, 5.41) is 20.2. The van der Waals surface area contributed by atoms with Crippen molar-refractivity contribution in [1.82, 2.24) is 20.3 Å². The molecule has 0 spiro atoms. The van der Waals surface area contributed by atoms with Gasteiger partial charge in [-0.25, -0.2) is 14.8 Å². The lowest BCUT2D eigenvalue weighted by Crippen LogP contribution is -2.41. The quantitative estimate of drug-likeness (QED) is 0.293. The van der Waals surface area contributed by atoms with E-state index in [0.717, 1.165) is 10.6 Å². The number of thioether (sulfide) groups is 1. The second kappa shape index (κ2) is 9.92. The number of carboxylic acid groups (broad SMARTS) is 2. The Morgan fingerprint density at radius 2 is 1.72 bits per heavy atom. The first-order valence-corrected chi connectivity index (χ1v) is 10.4. The van der Waals surface area contributed by atoms with Gasteiger partial charge in [0.1, 0.15) is 11.6 Å². The standard InChI is InChI=1S/C20H20N6O5S/c21-17-16-13(25-20(22)26-17)6-3-11(23-16)9-32-12-4-1-10(2-5-12)18(29)24-14(19(30)31)7-8-15(27)28/h1-6,14H,7-9H2,(H,24,29)(H,27,28)(H,30,31)(H4,21,22,25,26)/t14-/m0/s1. The van der Waals surface area contributed by atoms with Crippen LogP contribution >= 0.6 is 11.8 Å². The predicted molar refractivity (Wildman–Crippen MR) is 118 cm³/mol. The minimum atomic E-state index is -1.29. The molecule has 2 aromatic heterocycles. The lowest BCUT2D eigenvalue weighted by molar-refractivity contribution is -0.140. The van der Waals surface area contributed by atoms with E-state index in [1.54, 1.807) is 30.3 Å². The van der Waals surface area contributed by atoms with E-state index >= 15 is 0 Å². The summed E-state index contributed by atoms with van der Waals surface area (Å²) in [6.45, 7) is 0. The molecular formula is C20H20N6O5S. The monoisotopic (exact) mass is 456 g/mol. The minimum absolute atomic E-state index is 0.0830. The van der Waals surface area contributed by atoms with Crippen LogP contribution in [0.4, 0.5) is 11.8 Å². The van der Waals surface area contributed by atoms with Crippen molar-refractivity contribution in [2.45, 2.75) is 29.5 Å². The highest BCUT2D eigenvalue weighted by Gasteiger charge is 2.21. The van der Waals surface area contributed by atoms with Crippen LogP contribution in [0.2, 0.25) is 0 Å². The van der Waals surface area contributed by atoms with Gasteiger partial charge in [-0.05, 0) is 42.8 Å². The zero-order valence-corrected chi connectivity index (χ0v) is 17.5. The molecule has 1 atom stereocenters. The van der Waals surface area contributed by atoms with Crippen molar-refractivity contribution in [3.05, 3.63) is 47.7 Å². The van der Waals surface area contributed by atoms with Crippen LogP contribution in [0.15, 0.2) is 41.3 Å². The first-order valence-electron chi connectivity index (χ1n) is 9.40. The molecule has 0 aliphatic heterocycles. The highest BCUT2D eigenvalue weighted by Crippen LogP contribution is 2.24. The van der Waals surface area contributed by atoms with Crippen LogP contribution in [0.5, 0.6) is 0 Å². The molecule has 0 bridgehead atoms. The number of nitrogens with one attached hydrogen (secondary N) is 1. The summed E-state index contributed by atoms with van der Waals surface area (Å²) in [5.41, 5.74) is 13.5. The molecule has 0 aliphatic rings.